The summed E-state index contributed by atoms with van der Waals surface area (Å²) >= 11 is 0. The lowest BCUT2D eigenvalue weighted by atomic mass is 10.1. The van der Waals surface area contributed by atoms with Gasteiger partial charge in [0.25, 0.3) is 5.91 Å². The number of anilines is 1. The van der Waals surface area contributed by atoms with Crippen LogP contribution in [0.2, 0.25) is 0 Å². The van der Waals surface area contributed by atoms with Crippen molar-refractivity contribution in [2.75, 3.05) is 12.8 Å². The van der Waals surface area contributed by atoms with Crippen molar-refractivity contribution in [3.8, 4) is 5.75 Å². The molecule has 1 amide bonds. The first-order valence-electron chi connectivity index (χ1n) is 6.40. The van der Waals surface area contributed by atoms with E-state index in [9.17, 15) is 4.79 Å². The Hall–Kier alpha value is -2.49. The molecule has 0 aromatic heterocycles. The Morgan fingerprint density at radius 1 is 1.20 bits per heavy atom. The largest absolute Gasteiger partial charge is 0.487 e. The number of benzene rings is 2. The van der Waals surface area contributed by atoms with E-state index in [2.05, 4.69) is 5.32 Å². The second-order valence-electron chi connectivity index (χ2n) is 4.61. The van der Waals surface area contributed by atoms with Gasteiger partial charge in [-0.05, 0) is 30.7 Å². The SMILES string of the molecule is CNC(=O)c1ccc(N)c(OCc2ccc(C)cc2)c1. The van der Waals surface area contributed by atoms with Crippen molar-refractivity contribution in [3.63, 3.8) is 0 Å². The number of nitrogen functional groups attached to an aromatic ring is 1. The molecule has 0 bridgehead atoms. The summed E-state index contributed by atoms with van der Waals surface area (Å²) in [6, 6.07) is 13.1. The molecule has 0 atom stereocenters. The fourth-order valence-electron chi connectivity index (χ4n) is 1.79. The first kappa shape index (κ1) is 13.9. The van der Waals surface area contributed by atoms with Crippen molar-refractivity contribution >= 4 is 11.6 Å². The van der Waals surface area contributed by atoms with Crippen molar-refractivity contribution in [3.05, 3.63) is 59.2 Å². The van der Waals surface area contributed by atoms with E-state index in [1.165, 1.54) is 5.56 Å². The number of carbonyl (C=O) groups excluding carboxylic acids is 1. The van der Waals surface area contributed by atoms with Gasteiger partial charge in [0.2, 0.25) is 0 Å². The molecule has 4 nitrogen and oxygen atoms in total. The molecule has 104 valence electrons. The molecule has 0 spiro atoms. The summed E-state index contributed by atoms with van der Waals surface area (Å²) in [5.74, 6) is 0.358. The molecular weight excluding hydrogens is 252 g/mol. The Kier molecular flexibility index (Phi) is 4.25. The lowest BCUT2D eigenvalue weighted by Gasteiger charge is -2.10. The van der Waals surface area contributed by atoms with Crippen LogP contribution in [0.25, 0.3) is 0 Å². The van der Waals surface area contributed by atoms with Crippen LogP contribution in [0.15, 0.2) is 42.5 Å². The van der Waals surface area contributed by atoms with Gasteiger partial charge in [0.15, 0.2) is 0 Å². The van der Waals surface area contributed by atoms with Gasteiger partial charge in [0.1, 0.15) is 12.4 Å². The molecule has 0 aliphatic carbocycles. The molecule has 0 saturated carbocycles. The first-order chi connectivity index (χ1) is 9.60. The quantitative estimate of drug-likeness (QED) is 0.839. The Morgan fingerprint density at radius 2 is 1.90 bits per heavy atom. The maximum atomic E-state index is 11.6. The molecule has 0 fully saturated rings. The molecule has 0 heterocycles. The van der Waals surface area contributed by atoms with Crippen LogP contribution < -0.4 is 15.8 Å². The Bertz CT molecular complexity index is 606. The van der Waals surface area contributed by atoms with Crippen LogP contribution in [-0.2, 0) is 6.61 Å². The van der Waals surface area contributed by atoms with E-state index in [4.69, 9.17) is 10.5 Å². The minimum Gasteiger partial charge on any atom is -0.487 e. The third-order valence-electron chi connectivity index (χ3n) is 3.02. The average Bonchev–Trinajstić information content (AvgIpc) is 2.47. The monoisotopic (exact) mass is 270 g/mol. The molecule has 2 rings (SSSR count). The zero-order chi connectivity index (χ0) is 14.5. The number of ether oxygens (including phenoxy) is 1. The van der Waals surface area contributed by atoms with Gasteiger partial charge < -0.3 is 15.8 Å². The lowest BCUT2D eigenvalue weighted by molar-refractivity contribution is 0.0962. The standard InChI is InChI=1S/C16H18N2O2/c1-11-3-5-12(6-4-11)10-20-15-9-13(16(19)18-2)7-8-14(15)17/h3-9H,10,17H2,1-2H3,(H,18,19). The third-order valence-corrected chi connectivity index (χ3v) is 3.02. The van der Waals surface area contributed by atoms with E-state index in [0.717, 1.165) is 5.56 Å². The van der Waals surface area contributed by atoms with Gasteiger partial charge in [-0.3, -0.25) is 4.79 Å². The Morgan fingerprint density at radius 3 is 2.55 bits per heavy atom. The van der Waals surface area contributed by atoms with E-state index in [1.807, 2.05) is 31.2 Å². The van der Waals surface area contributed by atoms with Gasteiger partial charge in [0, 0.05) is 12.6 Å². The second-order valence-corrected chi connectivity index (χ2v) is 4.61. The molecule has 0 unspecified atom stereocenters. The van der Waals surface area contributed by atoms with Crippen LogP contribution in [0.4, 0.5) is 5.69 Å². The number of aryl methyl sites for hydroxylation is 1. The molecule has 3 N–H and O–H groups in total. The summed E-state index contributed by atoms with van der Waals surface area (Å²) in [6.07, 6.45) is 0. The minimum absolute atomic E-state index is 0.162. The highest BCUT2D eigenvalue weighted by Gasteiger charge is 2.08. The van der Waals surface area contributed by atoms with E-state index in [1.54, 1.807) is 25.2 Å². The van der Waals surface area contributed by atoms with Crippen molar-refractivity contribution in [2.45, 2.75) is 13.5 Å². The Balaban J connectivity index is 2.12. The number of nitrogens with two attached hydrogens (primary N) is 1. The normalized spacial score (nSPS) is 10.1. The highest BCUT2D eigenvalue weighted by Crippen LogP contribution is 2.24. The molecule has 0 radical (unpaired) electrons. The van der Waals surface area contributed by atoms with Crippen LogP contribution in [0.3, 0.4) is 0 Å². The van der Waals surface area contributed by atoms with Gasteiger partial charge in [-0.25, -0.2) is 0 Å². The second kappa shape index (κ2) is 6.10. The van der Waals surface area contributed by atoms with Gasteiger partial charge in [-0.15, -0.1) is 0 Å². The molecular formula is C16H18N2O2. The molecule has 0 aliphatic rings. The number of amides is 1. The molecule has 20 heavy (non-hydrogen) atoms. The number of hydrogen-bond acceptors (Lipinski definition) is 3. The van der Waals surface area contributed by atoms with Gasteiger partial charge in [0.05, 0.1) is 5.69 Å². The van der Waals surface area contributed by atoms with Crippen LogP contribution in [0.1, 0.15) is 21.5 Å². The topological polar surface area (TPSA) is 64.4 Å². The van der Waals surface area contributed by atoms with E-state index in [-0.39, 0.29) is 5.91 Å². The summed E-state index contributed by atoms with van der Waals surface area (Å²) in [5.41, 5.74) is 9.17. The molecule has 2 aromatic rings. The number of nitrogens with one attached hydrogen (secondary N) is 1. The van der Waals surface area contributed by atoms with Crippen LogP contribution in [-0.4, -0.2) is 13.0 Å². The van der Waals surface area contributed by atoms with Crippen molar-refractivity contribution in [1.29, 1.82) is 0 Å². The lowest BCUT2D eigenvalue weighted by Crippen LogP contribution is -2.17. The van der Waals surface area contributed by atoms with Gasteiger partial charge >= 0.3 is 0 Å². The van der Waals surface area contributed by atoms with Crippen LogP contribution >= 0.6 is 0 Å². The van der Waals surface area contributed by atoms with E-state index < -0.39 is 0 Å². The summed E-state index contributed by atoms with van der Waals surface area (Å²) in [7, 11) is 1.59. The third kappa shape index (κ3) is 3.29. The van der Waals surface area contributed by atoms with Crippen molar-refractivity contribution in [2.24, 2.45) is 0 Å². The van der Waals surface area contributed by atoms with Crippen molar-refractivity contribution < 1.29 is 9.53 Å². The minimum atomic E-state index is -0.162. The molecule has 0 aliphatic heterocycles. The summed E-state index contributed by atoms with van der Waals surface area (Å²) in [4.78, 5) is 11.6. The summed E-state index contributed by atoms with van der Waals surface area (Å²) < 4.78 is 5.69. The number of carbonyl (C=O) groups is 1. The van der Waals surface area contributed by atoms with Gasteiger partial charge in [-0.1, -0.05) is 29.8 Å². The molecule has 4 heteroatoms. The smallest absolute Gasteiger partial charge is 0.251 e. The average molecular weight is 270 g/mol. The summed E-state index contributed by atoms with van der Waals surface area (Å²) in [5, 5.41) is 2.57. The maximum Gasteiger partial charge on any atom is 0.251 e. The highest BCUT2D eigenvalue weighted by atomic mass is 16.5. The molecule has 2 aromatic carbocycles. The fourth-order valence-corrected chi connectivity index (χ4v) is 1.79. The zero-order valence-electron chi connectivity index (χ0n) is 11.6. The van der Waals surface area contributed by atoms with E-state index in [0.29, 0.717) is 23.6 Å². The predicted octanol–water partition coefficient (Wildman–Crippen LogP) is 2.52. The maximum absolute atomic E-state index is 11.6. The predicted molar refractivity (Wildman–Crippen MR) is 79.8 cm³/mol. The highest BCUT2D eigenvalue weighted by molar-refractivity contribution is 5.95. The summed E-state index contributed by atoms with van der Waals surface area (Å²) in [6.45, 7) is 2.46. The van der Waals surface area contributed by atoms with Crippen LogP contribution in [0, 0.1) is 6.92 Å². The zero-order valence-corrected chi connectivity index (χ0v) is 11.6. The number of rotatable bonds is 4. The first-order valence-corrected chi connectivity index (χ1v) is 6.40. The molecule has 0 saturated heterocycles. The van der Waals surface area contributed by atoms with E-state index >= 15 is 0 Å². The number of hydrogen-bond donors (Lipinski definition) is 2. The Labute approximate surface area is 118 Å². The van der Waals surface area contributed by atoms with Crippen molar-refractivity contribution in [1.82, 2.24) is 5.32 Å². The van der Waals surface area contributed by atoms with Crippen LogP contribution in [0.5, 0.6) is 5.75 Å². The fraction of sp³-hybridized carbons (Fsp3) is 0.188. The van der Waals surface area contributed by atoms with Gasteiger partial charge in [-0.2, -0.15) is 0 Å².